The van der Waals surface area contributed by atoms with E-state index in [1.54, 1.807) is 6.20 Å². The zero-order valence-corrected chi connectivity index (χ0v) is 9.76. The van der Waals surface area contributed by atoms with E-state index >= 15 is 0 Å². The number of rotatable bonds is 2. The van der Waals surface area contributed by atoms with Crippen LogP contribution < -0.4 is 0 Å². The molecule has 0 bridgehead atoms. The van der Waals surface area contributed by atoms with Crippen LogP contribution in [-0.4, -0.2) is 14.5 Å². The molecule has 0 aliphatic heterocycles. The van der Waals surface area contributed by atoms with Gasteiger partial charge in [-0.2, -0.15) is 0 Å². The summed E-state index contributed by atoms with van der Waals surface area (Å²) in [4.78, 5) is 7.27. The second-order valence-electron chi connectivity index (χ2n) is 3.63. The van der Waals surface area contributed by atoms with Gasteiger partial charge in [-0.25, -0.2) is 4.98 Å². The van der Waals surface area contributed by atoms with E-state index < -0.39 is 0 Å². The maximum absolute atomic E-state index is 5.47. The molecule has 4 nitrogen and oxygen atoms in total. The largest absolute Gasteiger partial charge is 0.444 e. The van der Waals surface area contributed by atoms with Gasteiger partial charge < -0.3 is 14.0 Å². The number of aromatic nitrogens is 3. The van der Waals surface area contributed by atoms with Crippen LogP contribution in [0.15, 0.2) is 16.8 Å². The number of H-pyrrole nitrogens is 1. The summed E-state index contributed by atoms with van der Waals surface area (Å²) in [5.41, 5.74) is 1.04. The third-order valence-electron chi connectivity index (χ3n) is 2.29. The highest BCUT2D eigenvalue weighted by molar-refractivity contribution is 7.71. The number of aromatic amines is 1. The lowest BCUT2D eigenvalue weighted by molar-refractivity contribution is 0.413. The standard InChI is InChI=1S/C10H13N3OS/c1-6-5-13(10(15)12-6)8(3)9-11-4-7(2)14-9/h4-5,8H,1-3H3,(H,12,15). The van der Waals surface area contributed by atoms with Gasteiger partial charge in [0.1, 0.15) is 11.8 Å². The van der Waals surface area contributed by atoms with E-state index in [1.165, 1.54) is 0 Å². The molecule has 0 fully saturated rings. The van der Waals surface area contributed by atoms with Crippen molar-refractivity contribution in [2.75, 3.05) is 0 Å². The molecule has 0 amide bonds. The molecular weight excluding hydrogens is 210 g/mol. The molecule has 0 aliphatic rings. The first kappa shape index (κ1) is 10.2. The minimum Gasteiger partial charge on any atom is -0.444 e. The SMILES string of the molecule is Cc1cn(C(C)c2ncc(C)o2)c(=S)[nH]1. The number of hydrogen-bond acceptors (Lipinski definition) is 3. The summed E-state index contributed by atoms with van der Waals surface area (Å²) >= 11 is 5.19. The Morgan fingerprint density at radius 2 is 2.27 bits per heavy atom. The van der Waals surface area contributed by atoms with Crippen molar-refractivity contribution >= 4 is 12.2 Å². The zero-order valence-electron chi connectivity index (χ0n) is 8.94. The third kappa shape index (κ3) is 1.87. The molecule has 1 unspecified atom stereocenters. The number of hydrogen-bond donors (Lipinski definition) is 1. The van der Waals surface area contributed by atoms with E-state index in [0.717, 1.165) is 11.5 Å². The summed E-state index contributed by atoms with van der Waals surface area (Å²) in [5.74, 6) is 1.50. The fourth-order valence-electron chi connectivity index (χ4n) is 1.50. The number of nitrogens with zero attached hydrogens (tertiary/aromatic N) is 2. The van der Waals surface area contributed by atoms with E-state index in [1.807, 2.05) is 31.5 Å². The smallest absolute Gasteiger partial charge is 0.217 e. The number of nitrogens with one attached hydrogen (secondary N) is 1. The maximum atomic E-state index is 5.47. The molecule has 15 heavy (non-hydrogen) atoms. The first-order valence-corrected chi connectivity index (χ1v) is 5.19. The van der Waals surface area contributed by atoms with Crippen LogP contribution in [0.1, 0.15) is 30.3 Å². The van der Waals surface area contributed by atoms with Crippen molar-refractivity contribution in [2.45, 2.75) is 26.8 Å². The van der Waals surface area contributed by atoms with Crippen molar-refractivity contribution in [3.05, 3.63) is 34.5 Å². The molecule has 1 N–H and O–H groups in total. The van der Waals surface area contributed by atoms with Gasteiger partial charge in [-0.15, -0.1) is 0 Å². The Labute approximate surface area is 93.0 Å². The van der Waals surface area contributed by atoms with Gasteiger partial charge in [0, 0.05) is 11.9 Å². The van der Waals surface area contributed by atoms with Crippen LogP contribution in [0, 0.1) is 18.6 Å². The lowest BCUT2D eigenvalue weighted by Gasteiger charge is -2.08. The van der Waals surface area contributed by atoms with Crippen molar-refractivity contribution in [2.24, 2.45) is 0 Å². The van der Waals surface area contributed by atoms with E-state index in [-0.39, 0.29) is 6.04 Å². The third-order valence-corrected chi connectivity index (χ3v) is 2.60. The van der Waals surface area contributed by atoms with Crippen LogP contribution in [0.2, 0.25) is 0 Å². The van der Waals surface area contributed by atoms with Gasteiger partial charge in [-0.3, -0.25) is 0 Å². The predicted molar refractivity (Wildman–Crippen MR) is 59.4 cm³/mol. The molecule has 2 heterocycles. The average molecular weight is 223 g/mol. The van der Waals surface area contributed by atoms with E-state index in [0.29, 0.717) is 10.7 Å². The summed E-state index contributed by atoms with van der Waals surface area (Å²) in [7, 11) is 0. The molecule has 0 aromatic carbocycles. The number of imidazole rings is 1. The van der Waals surface area contributed by atoms with Gasteiger partial charge in [0.15, 0.2) is 4.77 Å². The molecule has 0 radical (unpaired) electrons. The van der Waals surface area contributed by atoms with Gasteiger partial charge in [0.25, 0.3) is 0 Å². The van der Waals surface area contributed by atoms with Gasteiger partial charge in [0.05, 0.1) is 6.20 Å². The van der Waals surface area contributed by atoms with Gasteiger partial charge in [-0.05, 0) is 33.0 Å². The Morgan fingerprint density at radius 1 is 1.53 bits per heavy atom. The van der Waals surface area contributed by atoms with E-state index in [4.69, 9.17) is 16.6 Å². The first-order valence-electron chi connectivity index (χ1n) is 4.78. The second kappa shape index (κ2) is 3.66. The van der Waals surface area contributed by atoms with Crippen LogP contribution in [0.5, 0.6) is 0 Å². The van der Waals surface area contributed by atoms with Crippen LogP contribution in [0.25, 0.3) is 0 Å². The molecule has 2 aromatic heterocycles. The van der Waals surface area contributed by atoms with Crippen molar-refractivity contribution in [3.63, 3.8) is 0 Å². The van der Waals surface area contributed by atoms with Crippen LogP contribution in [0.4, 0.5) is 0 Å². The fourth-order valence-corrected chi connectivity index (χ4v) is 1.88. The molecule has 1 atom stereocenters. The topological polar surface area (TPSA) is 46.8 Å². The average Bonchev–Trinajstić information content (AvgIpc) is 2.71. The summed E-state index contributed by atoms with van der Waals surface area (Å²) in [5, 5.41) is 0. The van der Waals surface area contributed by atoms with Crippen molar-refractivity contribution in [1.29, 1.82) is 0 Å². The molecule has 0 saturated heterocycles. The molecule has 0 saturated carbocycles. The summed E-state index contributed by atoms with van der Waals surface area (Å²) in [6.07, 6.45) is 3.68. The van der Waals surface area contributed by atoms with Crippen LogP contribution in [0.3, 0.4) is 0 Å². The highest BCUT2D eigenvalue weighted by atomic mass is 32.1. The zero-order chi connectivity index (χ0) is 11.0. The quantitative estimate of drug-likeness (QED) is 0.796. The van der Waals surface area contributed by atoms with Crippen molar-refractivity contribution in [1.82, 2.24) is 14.5 Å². The van der Waals surface area contributed by atoms with Gasteiger partial charge in [-0.1, -0.05) is 0 Å². The Morgan fingerprint density at radius 3 is 2.73 bits per heavy atom. The second-order valence-corrected chi connectivity index (χ2v) is 4.02. The predicted octanol–water partition coefficient (Wildman–Crippen LogP) is 2.76. The first-order chi connectivity index (χ1) is 7.08. The highest BCUT2D eigenvalue weighted by Crippen LogP contribution is 2.18. The van der Waals surface area contributed by atoms with Crippen LogP contribution in [-0.2, 0) is 0 Å². The van der Waals surface area contributed by atoms with Gasteiger partial charge >= 0.3 is 0 Å². The van der Waals surface area contributed by atoms with Crippen molar-refractivity contribution < 1.29 is 4.42 Å². The monoisotopic (exact) mass is 223 g/mol. The Kier molecular flexibility index (Phi) is 2.48. The lowest BCUT2D eigenvalue weighted by atomic mass is 10.3. The number of aryl methyl sites for hydroxylation is 2. The summed E-state index contributed by atoms with van der Waals surface area (Å²) in [6, 6.07) is 0.0242. The highest BCUT2D eigenvalue weighted by Gasteiger charge is 2.14. The molecule has 5 heteroatoms. The minimum absolute atomic E-state index is 0.0242. The Bertz CT molecular complexity index is 523. The molecule has 0 spiro atoms. The van der Waals surface area contributed by atoms with Crippen molar-refractivity contribution in [3.8, 4) is 0 Å². The Hall–Kier alpha value is -1.36. The molecular formula is C10H13N3OS. The number of oxazole rings is 1. The minimum atomic E-state index is 0.0242. The maximum Gasteiger partial charge on any atom is 0.217 e. The Balaban J connectivity index is 2.40. The van der Waals surface area contributed by atoms with E-state index in [9.17, 15) is 0 Å². The summed E-state index contributed by atoms with van der Waals surface area (Å²) < 4.78 is 8.10. The summed E-state index contributed by atoms with van der Waals surface area (Å²) in [6.45, 7) is 5.86. The van der Waals surface area contributed by atoms with Gasteiger partial charge in [0.2, 0.25) is 5.89 Å². The van der Waals surface area contributed by atoms with E-state index in [2.05, 4.69) is 9.97 Å². The van der Waals surface area contributed by atoms with Crippen LogP contribution >= 0.6 is 12.2 Å². The normalized spacial score (nSPS) is 13.0. The molecule has 2 aromatic rings. The lowest BCUT2D eigenvalue weighted by Crippen LogP contribution is -2.05. The molecule has 80 valence electrons. The fraction of sp³-hybridized carbons (Fsp3) is 0.400. The molecule has 0 aliphatic carbocycles. The molecule has 2 rings (SSSR count).